The molecule has 0 fully saturated rings. The molecule has 0 aliphatic carbocycles. The second-order valence-electron chi connectivity index (χ2n) is 12.1. The highest BCUT2D eigenvalue weighted by molar-refractivity contribution is 5.97. The van der Waals surface area contributed by atoms with Gasteiger partial charge in [0.1, 0.15) is 17.7 Å². The molecular weight excluding hydrogens is 623 g/mol. The van der Waals surface area contributed by atoms with Crippen molar-refractivity contribution in [1.82, 2.24) is 35.5 Å². The van der Waals surface area contributed by atoms with Gasteiger partial charge in [0.2, 0.25) is 0 Å². The van der Waals surface area contributed by atoms with E-state index < -0.39 is 35.1 Å². The second kappa shape index (κ2) is 14.8. The van der Waals surface area contributed by atoms with E-state index >= 15 is 4.39 Å². The van der Waals surface area contributed by atoms with Crippen LogP contribution in [0.5, 0.6) is 0 Å². The van der Waals surface area contributed by atoms with E-state index in [-0.39, 0.29) is 43.8 Å². The number of aryl methyl sites for hydroxylation is 3. The smallest absolute Gasteiger partial charge is 0.328 e. The van der Waals surface area contributed by atoms with Crippen molar-refractivity contribution >= 4 is 34.4 Å². The zero-order chi connectivity index (χ0) is 35.2. The number of halogens is 1. The number of H-pyrrole nitrogens is 1. The first kappa shape index (κ1) is 35.2. The topological polar surface area (TPSA) is 174 Å². The number of tetrazole rings is 1. The number of amides is 1. The number of terminal acetylenes is 1. The average Bonchev–Trinajstić information content (AvgIpc) is 3.56. The van der Waals surface area contributed by atoms with Crippen LogP contribution in [0.15, 0.2) is 35.1 Å². The summed E-state index contributed by atoms with van der Waals surface area (Å²) in [6.45, 7) is 8.68. The fraction of sp³-hybridized carbons (Fsp3) is 0.394. The lowest BCUT2D eigenvalue weighted by molar-refractivity contribution is -0.157. The van der Waals surface area contributed by atoms with Crippen molar-refractivity contribution in [1.29, 1.82) is 0 Å². The van der Waals surface area contributed by atoms with Gasteiger partial charge in [0.25, 0.3) is 11.5 Å². The zero-order valence-electron chi connectivity index (χ0n) is 27.6. The lowest BCUT2D eigenvalue weighted by atomic mass is 9.98. The summed E-state index contributed by atoms with van der Waals surface area (Å²) in [5.74, 6) is 0.473. The van der Waals surface area contributed by atoms with E-state index in [0.29, 0.717) is 28.2 Å². The minimum absolute atomic E-state index is 0.0854. The number of hydrogen-bond acceptors (Lipinski definition) is 11. The van der Waals surface area contributed by atoms with Crippen LogP contribution < -0.4 is 15.8 Å². The minimum atomic E-state index is -1.08. The lowest BCUT2D eigenvalue weighted by Crippen LogP contribution is -2.42. The molecule has 0 spiro atoms. The SMILES string of the molecule is C#CCN(Cc1cc2c(=O)n(COC(=O)C(C)(C)C)c(C)nc2cc1C)c1ccc(C(=O)N[C@H](CCc2nn[nH]n2)C(=O)OC)c(F)c1. The Labute approximate surface area is 276 Å². The predicted molar refractivity (Wildman–Crippen MR) is 173 cm³/mol. The number of nitrogens with one attached hydrogen (secondary N) is 2. The number of benzene rings is 2. The van der Waals surface area contributed by atoms with E-state index in [1.54, 1.807) is 50.8 Å². The van der Waals surface area contributed by atoms with Gasteiger partial charge in [-0.05, 0) is 82.5 Å². The molecule has 252 valence electrons. The lowest BCUT2D eigenvalue weighted by Gasteiger charge is -2.24. The van der Waals surface area contributed by atoms with Crippen LogP contribution in [0.4, 0.5) is 10.1 Å². The number of rotatable bonds is 12. The number of anilines is 1. The van der Waals surface area contributed by atoms with Gasteiger partial charge in [0.05, 0.1) is 35.5 Å². The molecule has 2 heterocycles. The van der Waals surface area contributed by atoms with E-state index in [2.05, 4.69) is 36.8 Å². The van der Waals surface area contributed by atoms with E-state index in [0.717, 1.165) is 11.1 Å². The third-order valence-electron chi connectivity index (χ3n) is 7.58. The van der Waals surface area contributed by atoms with Gasteiger partial charge in [-0.3, -0.25) is 19.0 Å². The van der Waals surface area contributed by atoms with Crippen LogP contribution in [0, 0.1) is 37.4 Å². The van der Waals surface area contributed by atoms with Crippen LogP contribution in [0.2, 0.25) is 0 Å². The van der Waals surface area contributed by atoms with Gasteiger partial charge in [0.15, 0.2) is 12.6 Å². The standard InChI is InChI=1S/C33H37FN8O6/c1-8-13-41(17-21-15-24-27(14-19(21)2)35-20(3)42(30(24)44)18-48-32(46)33(4,5)6)22-9-10-23(25(34)16-22)29(43)36-26(31(45)47-7)11-12-28-37-39-40-38-28/h1,9-10,14-16,26H,11-13,17-18H2,2-7H3,(H,36,43)(H,37,38,39,40)/t26-/m1/s1. The van der Waals surface area contributed by atoms with Crippen LogP contribution in [0.1, 0.15) is 60.3 Å². The summed E-state index contributed by atoms with van der Waals surface area (Å²) in [5.41, 5.74) is 0.997. The van der Waals surface area contributed by atoms with Crippen LogP contribution in [-0.4, -0.2) is 67.7 Å². The highest BCUT2D eigenvalue weighted by atomic mass is 19.1. The summed E-state index contributed by atoms with van der Waals surface area (Å²) in [7, 11) is 1.18. The first-order valence-electron chi connectivity index (χ1n) is 15.0. The van der Waals surface area contributed by atoms with E-state index in [1.165, 1.54) is 23.8 Å². The molecule has 14 nitrogen and oxygen atoms in total. The molecule has 0 aliphatic rings. The maximum Gasteiger partial charge on any atom is 0.328 e. The molecule has 4 aromatic rings. The monoisotopic (exact) mass is 660 g/mol. The van der Waals surface area contributed by atoms with Crippen molar-refractivity contribution in [3.05, 3.63) is 74.8 Å². The summed E-state index contributed by atoms with van der Waals surface area (Å²) in [6.07, 6.45) is 5.97. The Morgan fingerprint density at radius 1 is 1.19 bits per heavy atom. The minimum Gasteiger partial charge on any atom is -0.467 e. The van der Waals surface area contributed by atoms with Gasteiger partial charge < -0.3 is 19.7 Å². The average molecular weight is 661 g/mol. The number of esters is 2. The zero-order valence-corrected chi connectivity index (χ0v) is 27.6. The number of carbonyl (C=O) groups excluding carboxylic acids is 3. The molecule has 2 aromatic heterocycles. The van der Waals surface area contributed by atoms with Crippen molar-refractivity contribution in [3.63, 3.8) is 0 Å². The number of methoxy groups -OCH3 is 1. The number of aromatic nitrogens is 6. The number of aromatic amines is 1. The molecule has 2 aromatic carbocycles. The summed E-state index contributed by atoms with van der Waals surface area (Å²) in [6, 6.07) is 6.42. The summed E-state index contributed by atoms with van der Waals surface area (Å²) in [5, 5.41) is 16.2. The number of hydrogen-bond donors (Lipinski definition) is 2. The third-order valence-corrected chi connectivity index (χ3v) is 7.58. The molecule has 15 heteroatoms. The van der Waals surface area contributed by atoms with Gasteiger partial charge >= 0.3 is 11.9 Å². The molecule has 0 bridgehead atoms. The molecule has 2 N–H and O–H groups in total. The van der Waals surface area contributed by atoms with Crippen molar-refractivity contribution in [2.75, 3.05) is 18.6 Å². The number of fused-ring (bicyclic) bond motifs is 1. The maximum atomic E-state index is 15.4. The number of nitrogens with zero attached hydrogens (tertiary/aromatic N) is 6. The van der Waals surface area contributed by atoms with Gasteiger partial charge in [0, 0.05) is 18.7 Å². The third kappa shape index (κ3) is 8.19. The van der Waals surface area contributed by atoms with Gasteiger partial charge in [-0.2, -0.15) is 5.21 Å². The Morgan fingerprint density at radius 3 is 2.56 bits per heavy atom. The number of ether oxygens (including phenoxy) is 2. The molecule has 0 saturated heterocycles. The van der Waals surface area contributed by atoms with Crippen LogP contribution >= 0.6 is 0 Å². The van der Waals surface area contributed by atoms with Gasteiger partial charge in [-0.15, -0.1) is 16.6 Å². The highest BCUT2D eigenvalue weighted by Gasteiger charge is 2.26. The normalized spacial score (nSPS) is 11.9. The van der Waals surface area contributed by atoms with Crippen molar-refractivity contribution in [2.45, 2.75) is 66.8 Å². The Kier molecular flexibility index (Phi) is 10.9. The van der Waals surface area contributed by atoms with Crippen molar-refractivity contribution in [2.24, 2.45) is 5.41 Å². The molecule has 1 atom stereocenters. The molecule has 48 heavy (non-hydrogen) atoms. The van der Waals surface area contributed by atoms with Crippen LogP contribution in [-0.2, 0) is 38.8 Å². The largest absolute Gasteiger partial charge is 0.467 e. The molecule has 4 rings (SSSR count). The van der Waals surface area contributed by atoms with E-state index in [1.807, 2.05) is 6.92 Å². The van der Waals surface area contributed by atoms with Gasteiger partial charge in [-0.1, -0.05) is 11.1 Å². The van der Waals surface area contributed by atoms with E-state index in [9.17, 15) is 19.2 Å². The number of carbonyl (C=O) groups is 3. The van der Waals surface area contributed by atoms with Crippen LogP contribution in [0.25, 0.3) is 10.9 Å². The Balaban J connectivity index is 1.57. The Hall–Kier alpha value is -5.65. The molecule has 0 radical (unpaired) electrons. The summed E-state index contributed by atoms with van der Waals surface area (Å²) < 4.78 is 26.9. The maximum absolute atomic E-state index is 15.4. The summed E-state index contributed by atoms with van der Waals surface area (Å²) >= 11 is 0. The second-order valence-corrected chi connectivity index (χ2v) is 12.1. The fourth-order valence-corrected chi connectivity index (χ4v) is 4.82. The van der Waals surface area contributed by atoms with E-state index in [4.69, 9.17) is 15.9 Å². The highest BCUT2D eigenvalue weighted by Crippen LogP contribution is 2.24. The molecule has 0 unspecified atom stereocenters. The van der Waals surface area contributed by atoms with Crippen molar-refractivity contribution < 1.29 is 28.2 Å². The predicted octanol–water partition coefficient (Wildman–Crippen LogP) is 2.76. The van der Waals surface area contributed by atoms with Crippen molar-refractivity contribution in [3.8, 4) is 12.3 Å². The fourth-order valence-electron chi connectivity index (χ4n) is 4.82. The van der Waals surface area contributed by atoms with Crippen LogP contribution in [0.3, 0.4) is 0 Å². The molecule has 0 aliphatic heterocycles. The quantitative estimate of drug-likeness (QED) is 0.169. The Bertz CT molecular complexity index is 1930. The summed E-state index contributed by atoms with van der Waals surface area (Å²) in [4.78, 5) is 57.4. The van der Waals surface area contributed by atoms with Gasteiger partial charge in [-0.25, -0.2) is 14.2 Å². The molecular formula is C33H37FN8O6. The first-order valence-corrected chi connectivity index (χ1v) is 15.0. The molecule has 1 amide bonds. The first-order chi connectivity index (χ1) is 22.7. The Morgan fingerprint density at radius 2 is 1.94 bits per heavy atom. The molecule has 0 saturated carbocycles.